The molecule has 3 heteroatoms. The van der Waals surface area contributed by atoms with Crippen LogP contribution in [0.1, 0.15) is 32.3 Å². The molecule has 0 spiro atoms. The maximum absolute atomic E-state index is 11.8. The Kier molecular flexibility index (Phi) is 5.40. The van der Waals surface area contributed by atoms with Gasteiger partial charge in [0.15, 0.2) is 11.9 Å². The van der Waals surface area contributed by atoms with E-state index in [1.54, 1.807) is 0 Å². The molecule has 0 aliphatic rings. The minimum absolute atomic E-state index is 0.00782. The van der Waals surface area contributed by atoms with Crippen molar-refractivity contribution in [2.24, 2.45) is 0 Å². The topological polar surface area (TPSA) is 43.4 Å². The maximum atomic E-state index is 11.8. The summed E-state index contributed by atoms with van der Waals surface area (Å²) in [5.41, 5.74) is 1.00. The summed E-state index contributed by atoms with van der Waals surface area (Å²) >= 11 is 0. The molecule has 17 heavy (non-hydrogen) atoms. The van der Waals surface area contributed by atoms with Crippen LogP contribution in [0, 0.1) is 0 Å². The van der Waals surface area contributed by atoms with Crippen molar-refractivity contribution in [3.8, 4) is 0 Å². The third-order valence-corrected chi connectivity index (χ3v) is 2.43. The molecule has 0 heterocycles. The van der Waals surface area contributed by atoms with Crippen molar-refractivity contribution in [2.75, 3.05) is 0 Å². The highest BCUT2D eigenvalue weighted by atomic mass is 16.5. The summed E-state index contributed by atoms with van der Waals surface area (Å²) in [5, 5.41) is 0. The smallest absolute Gasteiger partial charge is 0.303 e. The number of ketones is 1. The van der Waals surface area contributed by atoms with Crippen molar-refractivity contribution < 1.29 is 14.3 Å². The van der Waals surface area contributed by atoms with E-state index >= 15 is 0 Å². The summed E-state index contributed by atoms with van der Waals surface area (Å²) in [4.78, 5) is 22.8. The van der Waals surface area contributed by atoms with Crippen molar-refractivity contribution in [3.05, 3.63) is 35.9 Å². The van der Waals surface area contributed by atoms with E-state index in [0.29, 0.717) is 12.8 Å². The van der Waals surface area contributed by atoms with Gasteiger partial charge in [0.2, 0.25) is 0 Å². The second-order valence-corrected chi connectivity index (χ2v) is 4.00. The Morgan fingerprint density at radius 2 is 1.88 bits per heavy atom. The molecule has 0 radical (unpaired) electrons. The first kappa shape index (κ1) is 13.4. The van der Waals surface area contributed by atoms with Gasteiger partial charge in [-0.15, -0.1) is 0 Å². The van der Waals surface area contributed by atoms with Gasteiger partial charge in [0.05, 0.1) is 0 Å². The molecular formula is C14H18O3. The number of hydrogen-bond donors (Lipinski definition) is 0. The molecule has 1 rings (SSSR count). The van der Waals surface area contributed by atoms with E-state index in [0.717, 1.165) is 12.0 Å². The molecule has 0 saturated carbocycles. The SMILES string of the molecule is CCCC(=O)[C@H](Cc1ccccc1)OC(C)=O. The summed E-state index contributed by atoms with van der Waals surface area (Å²) in [6.07, 6.45) is 1.03. The van der Waals surface area contributed by atoms with Crippen LogP contribution < -0.4 is 0 Å². The summed E-state index contributed by atoms with van der Waals surface area (Å²) < 4.78 is 5.08. The van der Waals surface area contributed by atoms with Gasteiger partial charge in [0.25, 0.3) is 0 Å². The summed E-state index contributed by atoms with van der Waals surface area (Å²) in [5.74, 6) is -0.415. The first-order valence-corrected chi connectivity index (χ1v) is 5.87. The third kappa shape index (κ3) is 4.81. The lowest BCUT2D eigenvalue weighted by Gasteiger charge is -2.15. The van der Waals surface area contributed by atoms with Crippen LogP contribution in [0.2, 0.25) is 0 Å². The van der Waals surface area contributed by atoms with E-state index in [1.807, 2.05) is 37.3 Å². The van der Waals surface area contributed by atoms with E-state index in [1.165, 1.54) is 6.92 Å². The number of Topliss-reactive ketones (excluding diaryl/α,β-unsaturated/α-hetero) is 1. The number of benzene rings is 1. The second kappa shape index (κ2) is 6.84. The highest BCUT2D eigenvalue weighted by Crippen LogP contribution is 2.10. The molecule has 0 saturated heterocycles. The summed E-state index contributed by atoms with van der Waals surface area (Å²) in [6.45, 7) is 3.27. The number of hydrogen-bond acceptors (Lipinski definition) is 3. The highest BCUT2D eigenvalue weighted by molar-refractivity contribution is 5.85. The molecule has 0 N–H and O–H groups in total. The summed E-state index contributed by atoms with van der Waals surface area (Å²) in [6, 6.07) is 9.58. The van der Waals surface area contributed by atoms with Gasteiger partial charge in [-0.2, -0.15) is 0 Å². The lowest BCUT2D eigenvalue weighted by molar-refractivity contribution is -0.152. The number of carbonyl (C=O) groups is 2. The Labute approximate surface area is 102 Å². The molecule has 92 valence electrons. The molecule has 0 aliphatic heterocycles. The van der Waals surface area contributed by atoms with Gasteiger partial charge in [-0.25, -0.2) is 0 Å². The van der Waals surface area contributed by atoms with Gasteiger partial charge in [-0.05, 0) is 12.0 Å². The standard InChI is InChI=1S/C14H18O3/c1-3-7-13(16)14(17-11(2)15)10-12-8-5-4-6-9-12/h4-6,8-9,14H,3,7,10H2,1-2H3/t14-/m0/s1. The normalized spacial score (nSPS) is 11.9. The minimum Gasteiger partial charge on any atom is -0.454 e. The molecule has 1 atom stereocenters. The van der Waals surface area contributed by atoms with Gasteiger partial charge < -0.3 is 4.74 Å². The quantitative estimate of drug-likeness (QED) is 0.710. The van der Waals surface area contributed by atoms with Crippen LogP contribution in [0.3, 0.4) is 0 Å². The van der Waals surface area contributed by atoms with E-state index < -0.39 is 12.1 Å². The van der Waals surface area contributed by atoms with Crippen LogP contribution in [0.4, 0.5) is 0 Å². The Morgan fingerprint density at radius 1 is 1.24 bits per heavy atom. The highest BCUT2D eigenvalue weighted by Gasteiger charge is 2.20. The molecule has 1 aromatic carbocycles. The number of carbonyl (C=O) groups excluding carboxylic acids is 2. The monoisotopic (exact) mass is 234 g/mol. The Balaban J connectivity index is 2.70. The van der Waals surface area contributed by atoms with Crippen LogP contribution >= 0.6 is 0 Å². The van der Waals surface area contributed by atoms with E-state index in [4.69, 9.17) is 4.74 Å². The van der Waals surface area contributed by atoms with E-state index in [-0.39, 0.29) is 5.78 Å². The van der Waals surface area contributed by atoms with Gasteiger partial charge >= 0.3 is 5.97 Å². The first-order chi connectivity index (χ1) is 8.13. The lowest BCUT2D eigenvalue weighted by Crippen LogP contribution is -2.28. The van der Waals surface area contributed by atoms with Crippen LogP contribution in [0.25, 0.3) is 0 Å². The van der Waals surface area contributed by atoms with Crippen LogP contribution in [-0.2, 0) is 20.7 Å². The second-order valence-electron chi connectivity index (χ2n) is 4.00. The summed E-state index contributed by atoms with van der Waals surface area (Å²) in [7, 11) is 0. The zero-order valence-corrected chi connectivity index (χ0v) is 10.3. The van der Waals surface area contributed by atoms with Crippen LogP contribution in [-0.4, -0.2) is 17.9 Å². The molecule has 0 bridgehead atoms. The average Bonchev–Trinajstić information content (AvgIpc) is 2.29. The number of ether oxygens (including phenoxy) is 1. The van der Waals surface area contributed by atoms with Gasteiger partial charge in [0, 0.05) is 19.8 Å². The van der Waals surface area contributed by atoms with Gasteiger partial charge in [0.1, 0.15) is 0 Å². The van der Waals surface area contributed by atoms with Crippen molar-refractivity contribution >= 4 is 11.8 Å². The Morgan fingerprint density at radius 3 is 2.41 bits per heavy atom. The number of esters is 1. The molecule has 0 aromatic heterocycles. The van der Waals surface area contributed by atoms with Gasteiger partial charge in [-0.3, -0.25) is 9.59 Å². The Hall–Kier alpha value is -1.64. The first-order valence-electron chi connectivity index (χ1n) is 5.87. The predicted octanol–water partition coefficient (Wildman–Crippen LogP) is 2.53. The van der Waals surface area contributed by atoms with Crippen molar-refractivity contribution in [3.63, 3.8) is 0 Å². The van der Waals surface area contributed by atoms with E-state index in [9.17, 15) is 9.59 Å². The third-order valence-electron chi connectivity index (χ3n) is 2.43. The molecule has 0 amide bonds. The fourth-order valence-corrected chi connectivity index (χ4v) is 1.66. The zero-order valence-electron chi connectivity index (χ0n) is 10.3. The molecule has 3 nitrogen and oxygen atoms in total. The molecular weight excluding hydrogens is 216 g/mol. The van der Waals surface area contributed by atoms with Gasteiger partial charge in [-0.1, -0.05) is 37.3 Å². The molecule has 0 aliphatic carbocycles. The molecule has 0 fully saturated rings. The maximum Gasteiger partial charge on any atom is 0.303 e. The molecule has 0 unspecified atom stereocenters. The Bertz CT molecular complexity index is 370. The fraction of sp³-hybridized carbons (Fsp3) is 0.429. The van der Waals surface area contributed by atoms with Crippen LogP contribution in [0.5, 0.6) is 0 Å². The van der Waals surface area contributed by atoms with Crippen molar-refractivity contribution in [1.82, 2.24) is 0 Å². The average molecular weight is 234 g/mol. The fourth-order valence-electron chi connectivity index (χ4n) is 1.66. The zero-order chi connectivity index (χ0) is 12.7. The predicted molar refractivity (Wildman–Crippen MR) is 65.6 cm³/mol. The minimum atomic E-state index is -0.644. The van der Waals surface area contributed by atoms with E-state index in [2.05, 4.69) is 0 Å². The molecule has 1 aromatic rings. The number of rotatable bonds is 6. The van der Waals surface area contributed by atoms with Crippen molar-refractivity contribution in [1.29, 1.82) is 0 Å². The van der Waals surface area contributed by atoms with Crippen molar-refractivity contribution in [2.45, 2.75) is 39.2 Å². The largest absolute Gasteiger partial charge is 0.454 e. The lowest BCUT2D eigenvalue weighted by atomic mass is 10.0. The van der Waals surface area contributed by atoms with Crippen LogP contribution in [0.15, 0.2) is 30.3 Å².